The van der Waals surface area contributed by atoms with Crippen LogP contribution in [0.25, 0.3) is 11.1 Å². The minimum Gasteiger partial charge on any atom is -0.0619 e. The molecule has 4 rings (SSSR count). The van der Waals surface area contributed by atoms with Crippen LogP contribution in [0.15, 0.2) is 42.5 Å². The SMILES string of the molecule is Cc1ccc2c(c1)C1(CC(C)(C)CC(C)(C)C1)c1ccccc1-2. The Balaban J connectivity index is 2.03. The highest BCUT2D eigenvalue weighted by Crippen LogP contribution is 2.63. The van der Waals surface area contributed by atoms with Crippen molar-refractivity contribution >= 4 is 0 Å². The normalized spacial score (nSPS) is 22.7. The smallest absolute Gasteiger partial charge is 0.0225 e. The minimum absolute atomic E-state index is 0.198. The molecule has 0 N–H and O–H groups in total. The molecular formula is C23H28. The fraction of sp³-hybridized carbons (Fsp3) is 0.478. The van der Waals surface area contributed by atoms with Crippen molar-refractivity contribution in [3.8, 4) is 11.1 Å². The van der Waals surface area contributed by atoms with Crippen molar-refractivity contribution in [2.45, 2.75) is 59.3 Å². The maximum Gasteiger partial charge on any atom is 0.0225 e. The zero-order chi connectivity index (χ0) is 16.5. The van der Waals surface area contributed by atoms with E-state index in [0.29, 0.717) is 10.8 Å². The zero-order valence-electron chi connectivity index (χ0n) is 15.2. The number of hydrogen-bond acceptors (Lipinski definition) is 0. The van der Waals surface area contributed by atoms with Gasteiger partial charge in [0.1, 0.15) is 0 Å². The highest BCUT2D eigenvalue weighted by atomic mass is 14.6. The van der Waals surface area contributed by atoms with Gasteiger partial charge in [0, 0.05) is 5.41 Å². The van der Waals surface area contributed by atoms with E-state index in [-0.39, 0.29) is 5.41 Å². The van der Waals surface area contributed by atoms with Crippen molar-refractivity contribution in [2.24, 2.45) is 10.8 Å². The van der Waals surface area contributed by atoms with Gasteiger partial charge in [0.2, 0.25) is 0 Å². The summed E-state index contributed by atoms with van der Waals surface area (Å²) in [7, 11) is 0. The van der Waals surface area contributed by atoms with E-state index in [9.17, 15) is 0 Å². The van der Waals surface area contributed by atoms with E-state index >= 15 is 0 Å². The summed E-state index contributed by atoms with van der Waals surface area (Å²) in [5.74, 6) is 0. The molecule has 0 heterocycles. The first-order chi connectivity index (χ1) is 10.7. The minimum atomic E-state index is 0.198. The van der Waals surface area contributed by atoms with Crippen molar-refractivity contribution in [1.82, 2.24) is 0 Å². The second kappa shape index (κ2) is 4.50. The lowest BCUT2D eigenvalue weighted by atomic mass is 9.52. The van der Waals surface area contributed by atoms with Gasteiger partial charge in [-0.1, -0.05) is 75.7 Å². The Morgan fingerprint density at radius 3 is 2.00 bits per heavy atom. The first-order valence-corrected chi connectivity index (χ1v) is 8.94. The van der Waals surface area contributed by atoms with Gasteiger partial charge in [0.15, 0.2) is 0 Å². The third-order valence-electron chi connectivity index (χ3n) is 5.94. The molecule has 0 unspecified atom stereocenters. The van der Waals surface area contributed by atoms with Crippen LogP contribution in [0.4, 0.5) is 0 Å². The molecule has 0 bridgehead atoms. The van der Waals surface area contributed by atoms with Crippen LogP contribution in [0.1, 0.15) is 63.6 Å². The molecule has 23 heavy (non-hydrogen) atoms. The molecule has 1 saturated carbocycles. The van der Waals surface area contributed by atoms with Gasteiger partial charge >= 0.3 is 0 Å². The van der Waals surface area contributed by atoms with Crippen molar-refractivity contribution in [3.05, 3.63) is 59.2 Å². The molecule has 2 aromatic rings. The van der Waals surface area contributed by atoms with Crippen LogP contribution >= 0.6 is 0 Å². The van der Waals surface area contributed by atoms with Gasteiger partial charge in [-0.25, -0.2) is 0 Å². The Morgan fingerprint density at radius 1 is 0.696 bits per heavy atom. The fourth-order valence-electron chi connectivity index (χ4n) is 6.07. The quantitative estimate of drug-likeness (QED) is 0.521. The molecule has 0 amide bonds. The molecule has 120 valence electrons. The van der Waals surface area contributed by atoms with E-state index in [4.69, 9.17) is 0 Å². The molecule has 2 aromatic carbocycles. The molecule has 2 aliphatic rings. The van der Waals surface area contributed by atoms with Gasteiger partial charge in [-0.2, -0.15) is 0 Å². The zero-order valence-corrected chi connectivity index (χ0v) is 15.2. The van der Waals surface area contributed by atoms with E-state index in [0.717, 1.165) is 0 Å². The molecule has 1 spiro atoms. The topological polar surface area (TPSA) is 0 Å². The van der Waals surface area contributed by atoms with Crippen LogP contribution in [0.3, 0.4) is 0 Å². The van der Waals surface area contributed by atoms with E-state index in [2.05, 4.69) is 77.1 Å². The summed E-state index contributed by atoms with van der Waals surface area (Å²) in [6, 6.07) is 16.2. The third-order valence-corrected chi connectivity index (χ3v) is 5.94. The highest BCUT2D eigenvalue weighted by Gasteiger charge is 2.52. The predicted octanol–water partition coefficient (Wildman–Crippen LogP) is 6.50. The number of aryl methyl sites for hydroxylation is 1. The fourth-order valence-corrected chi connectivity index (χ4v) is 6.07. The van der Waals surface area contributed by atoms with Crippen LogP contribution in [0.2, 0.25) is 0 Å². The second-order valence-electron chi connectivity index (χ2n) is 9.54. The molecule has 0 aromatic heterocycles. The van der Waals surface area contributed by atoms with Crippen LogP contribution in [-0.4, -0.2) is 0 Å². The van der Waals surface area contributed by atoms with Crippen LogP contribution in [0, 0.1) is 17.8 Å². The molecular weight excluding hydrogens is 276 g/mol. The van der Waals surface area contributed by atoms with E-state index in [1.54, 1.807) is 11.1 Å². The van der Waals surface area contributed by atoms with Gasteiger partial charge in [-0.15, -0.1) is 0 Å². The lowest BCUT2D eigenvalue weighted by Crippen LogP contribution is -2.43. The summed E-state index contributed by atoms with van der Waals surface area (Å²) in [4.78, 5) is 0. The number of fused-ring (bicyclic) bond motifs is 5. The molecule has 0 nitrogen and oxygen atoms in total. The number of benzene rings is 2. The summed E-state index contributed by atoms with van der Waals surface area (Å²) >= 11 is 0. The molecule has 0 saturated heterocycles. The van der Waals surface area contributed by atoms with Crippen LogP contribution < -0.4 is 0 Å². The van der Waals surface area contributed by atoms with E-state index in [1.165, 1.54) is 36.0 Å². The van der Waals surface area contributed by atoms with E-state index in [1.807, 2.05) is 0 Å². The molecule has 0 aliphatic heterocycles. The molecule has 2 aliphatic carbocycles. The van der Waals surface area contributed by atoms with Crippen molar-refractivity contribution in [2.75, 3.05) is 0 Å². The van der Waals surface area contributed by atoms with Gasteiger partial charge in [0.25, 0.3) is 0 Å². The first-order valence-electron chi connectivity index (χ1n) is 8.94. The Kier molecular flexibility index (Phi) is 2.93. The molecule has 0 radical (unpaired) electrons. The Morgan fingerprint density at radius 2 is 1.30 bits per heavy atom. The summed E-state index contributed by atoms with van der Waals surface area (Å²) < 4.78 is 0. The molecule has 0 heteroatoms. The second-order valence-corrected chi connectivity index (χ2v) is 9.54. The van der Waals surface area contributed by atoms with Gasteiger partial charge < -0.3 is 0 Å². The lowest BCUT2D eigenvalue weighted by molar-refractivity contribution is 0.0646. The van der Waals surface area contributed by atoms with Crippen LogP contribution in [-0.2, 0) is 5.41 Å². The standard InChI is InChI=1S/C23H28/c1-16-10-11-18-17-8-6-7-9-19(17)23(20(18)12-16)14-21(2,3)13-22(4,5)15-23/h6-12H,13-15H2,1-5H3. The summed E-state index contributed by atoms with van der Waals surface area (Å²) in [5.41, 5.74) is 8.43. The maximum absolute atomic E-state index is 2.47. The lowest BCUT2D eigenvalue weighted by Gasteiger charge is -2.51. The summed E-state index contributed by atoms with van der Waals surface area (Å²) in [6.45, 7) is 12.1. The number of rotatable bonds is 0. The van der Waals surface area contributed by atoms with Gasteiger partial charge in [-0.05, 0) is 59.3 Å². The average molecular weight is 304 g/mol. The Bertz CT molecular complexity index is 760. The van der Waals surface area contributed by atoms with Gasteiger partial charge in [0.05, 0.1) is 0 Å². The summed E-state index contributed by atoms with van der Waals surface area (Å²) in [5, 5.41) is 0. The monoisotopic (exact) mass is 304 g/mol. The maximum atomic E-state index is 2.47. The Hall–Kier alpha value is -1.56. The largest absolute Gasteiger partial charge is 0.0619 e. The van der Waals surface area contributed by atoms with Crippen molar-refractivity contribution in [1.29, 1.82) is 0 Å². The first kappa shape index (κ1) is 15.0. The predicted molar refractivity (Wildman–Crippen MR) is 98.8 cm³/mol. The average Bonchev–Trinajstić information content (AvgIpc) is 2.66. The van der Waals surface area contributed by atoms with Crippen molar-refractivity contribution in [3.63, 3.8) is 0 Å². The highest BCUT2D eigenvalue weighted by molar-refractivity contribution is 5.81. The van der Waals surface area contributed by atoms with E-state index < -0.39 is 0 Å². The van der Waals surface area contributed by atoms with Gasteiger partial charge in [-0.3, -0.25) is 0 Å². The Labute approximate surface area is 140 Å². The third kappa shape index (κ3) is 2.18. The summed E-state index contributed by atoms with van der Waals surface area (Å²) in [6.07, 6.45) is 3.83. The number of hydrogen-bond donors (Lipinski definition) is 0. The molecule has 1 fully saturated rings. The van der Waals surface area contributed by atoms with Crippen molar-refractivity contribution < 1.29 is 0 Å². The van der Waals surface area contributed by atoms with Crippen LogP contribution in [0.5, 0.6) is 0 Å². The molecule has 0 atom stereocenters.